The van der Waals surface area contributed by atoms with Crippen LogP contribution in [0.4, 0.5) is 0 Å². The van der Waals surface area contributed by atoms with Gasteiger partial charge in [-0.1, -0.05) is 11.6 Å². The second kappa shape index (κ2) is 5.80. The third-order valence-corrected chi connectivity index (χ3v) is 3.43. The number of halogens is 2. The maximum absolute atomic E-state index is 11.7. The minimum atomic E-state index is 0.0735. The fourth-order valence-electron chi connectivity index (χ4n) is 1.93. The largest absolute Gasteiger partial charge is 0.349 e. The number of benzene rings is 1. The molecule has 0 bridgehead atoms. The van der Waals surface area contributed by atoms with Crippen LogP contribution in [0.1, 0.15) is 12.2 Å². The average molecular weight is 300 g/mol. The van der Waals surface area contributed by atoms with Crippen molar-refractivity contribution in [3.05, 3.63) is 29.0 Å². The highest BCUT2D eigenvalue weighted by Gasteiger charge is 2.12. The summed E-state index contributed by atoms with van der Waals surface area (Å²) in [6.07, 6.45) is 0.412. The molecular formula is C13H15Cl2N3O. The number of amides is 1. The predicted octanol–water partition coefficient (Wildman–Crippen LogP) is 2.91. The zero-order chi connectivity index (χ0) is 14.0. The first-order valence-corrected chi connectivity index (χ1v) is 6.85. The average Bonchev–Trinajstić information content (AvgIpc) is 2.72. The maximum Gasteiger partial charge on any atom is 0.223 e. The highest BCUT2D eigenvalue weighted by atomic mass is 35.5. The lowest BCUT2D eigenvalue weighted by atomic mass is 10.3. The third-order valence-electron chi connectivity index (χ3n) is 2.96. The van der Waals surface area contributed by atoms with Crippen LogP contribution in [0.2, 0.25) is 5.02 Å². The first kappa shape index (κ1) is 14.2. The van der Waals surface area contributed by atoms with E-state index < -0.39 is 0 Å². The zero-order valence-corrected chi connectivity index (χ0v) is 12.4. The summed E-state index contributed by atoms with van der Waals surface area (Å²) < 4.78 is 1.95. The Morgan fingerprint density at radius 1 is 1.42 bits per heavy atom. The predicted molar refractivity (Wildman–Crippen MR) is 77.6 cm³/mol. The van der Waals surface area contributed by atoms with E-state index >= 15 is 0 Å². The van der Waals surface area contributed by atoms with Gasteiger partial charge in [-0.3, -0.25) is 4.79 Å². The lowest BCUT2D eigenvalue weighted by Gasteiger charge is -2.12. The van der Waals surface area contributed by atoms with E-state index in [1.807, 2.05) is 16.7 Å². The fraction of sp³-hybridized carbons (Fsp3) is 0.385. The van der Waals surface area contributed by atoms with Crippen LogP contribution in [0.15, 0.2) is 18.2 Å². The molecule has 19 heavy (non-hydrogen) atoms. The topological polar surface area (TPSA) is 38.1 Å². The van der Waals surface area contributed by atoms with E-state index in [4.69, 9.17) is 23.2 Å². The molecule has 6 heteroatoms. The molecule has 1 aromatic carbocycles. The van der Waals surface area contributed by atoms with Gasteiger partial charge in [0.1, 0.15) is 5.82 Å². The van der Waals surface area contributed by atoms with Crippen LogP contribution in [-0.2, 0) is 17.2 Å². The molecule has 0 fully saturated rings. The van der Waals surface area contributed by atoms with Gasteiger partial charge in [0.15, 0.2) is 0 Å². The maximum atomic E-state index is 11.7. The number of aryl methyl sites for hydroxylation is 1. The quantitative estimate of drug-likeness (QED) is 0.814. The van der Waals surface area contributed by atoms with Gasteiger partial charge >= 0.3 is 0 Å². The number of hydrogen-bond acceptors (Lipinski definition) is 2. The second-order valence-electron chi connectivity index (χ2n) is 4.48. The molecule has 1 aromatic heterocycles. The number of nitrogens with zero attached hydrogens (tertiary/aromatic N) is 3. The number of imidazole rings is 1. The van der Waals surface area contributed by atoms with E-state index in [0.29, 0.717) is 23.9 Å². The molecule has 1 heterocycles. The van der Waals surface area contributed by atoms with Gasteiger partial charge in [0.05, 0.1) is 16.9 Å². The smallest absolute Gasteiger partial charge is 0.223 e. The van der Waals surface area contributed by atoms with Gasteiger partial charge in [-0.15, -0.1) is 11.6 Å². The molecule has 0 aliphatic heterocycles. The van der Waals surface area contributed by atoms with Gasteiger partial charge in [-0.2, -0.15) is 0 Å². The Balaban J connectivity index is 2.34. The number of hydrogen-bond donors (Lipinski definition) is 0. The van der Waals surface area contributed by atoms with Crippen molar-refractivity contribution >= 4 is 40.1 Å². The number of fused-ring (bicyclic) bond motifs is 1. The molecular weight excluding hydrogens is 285 g/mol. The molecule has 0 radical (unpaired) electrons. The molecule has 0 spiro atoms. The Morgan fingerprint density at radius 2 is 2.16 bits per heavy atom. The minimum absolute atomic E-state index is 0.0735. The summed E-state index contributed by atoms with van der Waals surface area (Å²) in [7, 11) is 3.49. The Morgan fingerprint density at radius 3 is 2.79 bits per heavy atom. The van der Waals surface area contributed by atoms with E-state index in [-0.39, 0.29) is 5.91 Å². The van der Waals surface area contributed by atoms with Crippen molar-refractivity contribution in [1.29, 1.82) is 0 Å². The molecule has 0 N–H and O–H groups in total. The summed E-state index contributed by atoms with van der Waals surface area (Å²) in [5.41, 5.74) is 1.76. The highest BCUT2D eigenvalue weighted by Crippen LogP contribution is 2.22. The first-order chi connectivity index (χ1) is 9.02. The van der Waals surface area contributed by atoms with Crippen molar-refractivity contribution in [2.24, 2.45) is 0 Å². The number of carbonyl (C=O) groups excluding carboxylic acids is 1. The van der Waals surface area contributed by atoms with E-state index in [2.05, 4.69) is 4.98 Å². The molecule has 0 unspecified atom stereocenters. The Kier molecular flexibility index (Phi) is 4.32. The van der Waals surface area contributed by atoms with Crippen LogP contribution in [0, 0.1) is 0 Å². The number of alkyl halides is 1. The lowest BCUT2D eigenvalue weighted by Crippen LogP contribution is -2.23. The monoisotopic (exact) mass is 299 g/mol. The Hall–Kier alpha value is -1.26. The number of carbonyl (C=O) groups is 1. The standard InChI is InChI=1S/C13H15Cl2N3O/c1-17(2)13(19)5-6-18-11-7-9(15)3-4-10(11)16-12(18)8-14/h3-4,7H,5-6,8H2,1-2H3. The van der Waals surface area contributed by atoms with Gasteiger partial charge in [-0.25, -0.2) is 4.98 Å². The van der Waals surface area contributed by atoms with Crippen LogP contribution in [0.3, 0.4) is 0 Å². The molecule has 1 amide bonds. The normalized spacial score (nSPS) is 10.9. The van der Waals surface area contributed by atoms with Crippen LogP contribution < -0.4 is 0 Å². The van der Waals surface area contributed by atoms with Crippen LogP contribution in [0.25, 0.3) is 11.0 Å². The first-order valence-electron chi connectivity index (χ1n) is 5.93. The third kappa shape index (κ3) is 3.01. The fourth-order valence-corrected chi connectivity index (χ4v) is 2.30. The van der Waals surface area contributed by atoms with Crippen molar-refractivity contribution in [3.63, 3.8) is 0 Å². The SMILES string of the molecule is CN(C)C(=O)CCn1c(CCl)nc2ccc(Cl)cc21. The van der Waals surface area contributed by atoms with Crippen molar-refractivity contribution in [3.8, 4) is 0 Å². The van der Waals surface area contributed by atoms with E-state index in [1.54, 1.807) is 25.1 Å². The molecule has 0 atom stereocenters. The van der Waals surface area contributed by atoms with Crippen LogP contribution in [0.5, 0.6) is 0 Å². The van der Waals surface area contributed by atoms with Crippen molar-refractivity contribution in [2.75, 3.05) is 14.1 Å². The van der Waals surface area contributed by atoms with Gasteiger partial charge < -0.3 is 9.47 Å². The van der Waals surface area contributed by atoms with Gasteiger partial charge in [0.25, 0.3) is 0 Å². The van der Waals surface area contributed by atoms with Gasteiger partial charge in [0.2, 0.25) is 5.91 Å². The minimum Gasteiger partial charge on any atom is -0.349 e. The zero-order valence-electron chi connectivity index (χ0n) is 10.9. The van der Waals surface area contributed by atoms with Gasteiger partial charge in [0, 0.05) is 32.1 Å². The molecule has 0 saturated carbocycles. The summed E-state index contributed by atoms with van der Waals surface area (Å²) in [5.74, 6) is 1.14. The summed E-state index contributed by atoms with van der Waals surface area (Å²) in [6.45, 7) is 0.551. The molecule has 4 nitrogen and oxygen atoms in total. The molecule has 0 aliphatic carbocycles. The molecule has 0 aliphatic rings. The summed E-state index contributed by atoms with van der Waals surface area (Å²) in [5, 5.41) is 0.647. The number of rotatable bonds is 4. The molecule has 2 aromatic rings. The van der Waals surface area contributed by atoms with Gasteiger partial charge in [-0.05, 0) is 18.2 Å². The number of aromatic nitrogens is 2. The Labute approximate surface area is 121 Å². The summed E-state index contributed by atoms with van der Waals surface area (Å²) >= 11 is 11.9. The van der Waals surface area contributed by atoms with Crippen LogP contribution >= 0.6 is 23.2 Å². The second-order valence-corrected chi connectivity index (χ2v) is 5.19. The molecule has 0 saturated heterocycles. The lowest BCUT2D eigenvalue weighted by molar-refractivity contribution is -0.128. The summed E-state index contributed by atoms with van der Waals surface area (Å²) in [4.78, 5) is 17.7. The van der Waals surface area contributed by atoms with E-state index in [0.717, 1.165) is 16.9 Å². The molecule has 2 rings (SSSR count). The van der Waals surface area contributed by atoms with Crippen molar-refractivity contribution in [2.45, 2.75) is 18.8 Å². The van der Waals surface area contributed by atoms with Crippen molar-refractivity contribution < 1.29 is 4.79 Å². The van der Waals surface area contributed by atoms with E-state index in [9.17, 15) is 4.79 Å². The van der Waals surface area contributed by atoms with Crippen LogP contribution in [-0.4, -0.2) is 34.5 Å². The summed E-state index contributed by atoms with van der Waals surface area (Å²) in [6, 6.07) is 5.50. The molecule has 102 valence electrons. The van der Waals surface area contributed by atoms with Crippen molar-refractivity contribution in [1.82, 2.24) is 14.5 Å². The highest BCUT2D eigenvalue weighted by molar-refractivity contribution is 6.31. The Bertz CT molecular complexity index is 607. The van der Waals surface area contributed by atoms with E-state index in [1.165, 1.54) is 0 Å².